The van der Waals surface area contributed by atoms with E-state index in [9.17, 15) is 4.79 Å². The SMILES string of the molecule is CCOC(=O)[C@@H]1[C@H]2O[C@@H]3CCC(C)(C)O[C@H]3[C@H](OC)[C@H]21. The van der Waals surface area contributed by atoms with E-state index in [1.165, 1.54) is 0 Å². The molecule has 20 heavy (non-hydrogen) atoms. The first-order valence-electron chi connectivity index (χ1n) is 7.51. The summed E-state index contributed by atoms with van der Waals surface area (Å²) in [6.07, 6.45) is 1.75. The zero-order valence-corrected chi connectivity index (χ0v) is 12.6. The second-order valence-corrected chi connectivity index (χ2v) is 6.58. The molecule has 5 heteroatoms. The van der Waals surface area contributed by atoms with Crippen LogP contribution in [-0.4, -0.2) is 49.7 Å². The molecule has 1 saturated carbocycles. The van der Waals surface area contributed by atoms with Gasteiger partial charge < -0.3 is 18.9 Å². The molecule has 0 aromatic heterocycles. The van der Waals surface area contributed by atoms with Crippen LogP contribution in [-0.2, 0) is 23.7 Å². The van der Waals surface area contributed by atoms with Gasteiger partial charge in [0.15, 0.2) is 0 Å². The lowest BCUT2D eigenvalue weighted by Gasteiger charge is -2.46. The number of carbonyl (C=O) groups excluding carboxylic acids is 1. The van der Waals surface area contributed by atoms with E-state index < -0.39 is 0 Å². The maximum Gasteiger partial charge on any atom is 0.312 e. The van der Waals surface area contributed by atoms with Crippen LogP contribution in [0.4, 0.5) is 0 Å². The van der Waals surface area contributed by atoms with E-state index in [0.29, 0.717) is 6.61 Å². The van der Waals surface area contributed by atoms with Gasteiger partial charge in [-0.05, 0) is 33.6 Å². The van der Waals surface area contributed by atoms with Crippen molar-refractivity contribution in [2.75, 3.05) is 13.7 Å². The fourth-order valence-electron chi connectivity index (χ4n) is 3.70. The molecule has 0 N–H and O–H groups in total. The van der Waals surface area contributed by atoms with Gasteiger partial charge in [0.25, 0.3) is 0 Å². The van der Waals surface area contributed by atoms with E-state index in [0.717, 1.165) is 12.8 Å². The first-order valence-corrected chi connectivity index (χ1v) is 7.51. The minimum atomic E-state index is -0.183. The largest absolute Gasteiger partial charge is 0.466 e. The zero-order valence-electron chi connectivity index (χ0n) is 12.6. The summed E-state index contributed by atoms with van der Waals surface area (Å²) in [6.45, 7) is 6.42. The predicted octanol–water partition coefficient (Wildman–Crippen LogP) is 1.54. The Balaban J connectivity index is 1.75. The predicted molar refractivity (Wildman–Crippen MR) is 71.3 cm³/mol. The Kier molecular flexibility index (Phi) is 3.55. The van der Waals surface area contributed by atoms with Crippen molar-refractivity contribution in [2.24, 2.45) is 11.8 Å². The summed E-state index contributed by atoms with van der Waals surface area (Å²) in [7, 11) is 1.69. The molecule has 3 rings (SSSR count). The van der Waals surface area contributed by atoms with Crippen molar-refractivity contribution in [3.05, 3.63) is 0 Å². The molecule has 5 nitrogen and oxygen atoms in total. The highest BCUT2D eigenvalue weighted by Crippen LogP contribution is 2.54. The van der Waals surface area contributed by atoms with E-state index >= 15 is 0 Å². The molecule has 3 aliphatic rings. The number of hydrogen-bond acceptors (Lipinski definition) is 5. The van der Waals surface area contributed by atoms with Gasteiger partial charge in [0.05, 0.1) is 36.4 Å². The molecule has 0 aromatic rings. The van der Waals surface area contributed by atoms with E-state index in [2.05, 4.69) is 13.8 Å². The van der Waals surface area contributed by atoms with Gasteiger partial charge in [-0.3, -0.25) is 4.79 Å². The van der Waals surface area contributed by atoms with Crippen molar-refractivity contribution in [1.29, 1.82) is 0 Å². The van der Waals surface area contributed by atoms with Crippen LogP contribution in [0.3, 0.4) is 0 Å². The Labute approximate surface area is 119 Å². The lowest BCUT2D eigenvalue weighted by atomic mass is 9.88. The van der Waals surface area contributed by atoms with E-state index in [-0.39, 0.29) is 47.8 Å². The summed E-state index contributed by atoms with van der Waals surface area (Å²) in [6, 6.07) is 0. The molecule has 3 fully saturated rings. The molecular formula is C15H24O5. The Bertz CT molecular complexity index is 394. The molecule has 114 valence electrons. The topological polar surface area (TPSA) is 54.0 Å². The fraction of sp³-hybridized carbons (Fsp3) is 0.933. The molecule has 0 radical (unpaired) electrons. The fourth-order valence-corrected chi connectivity index (χ4v) is 3.70. The molecule has 0 spiro atoms. The number of fused-ring (bicyclic) bond motifs is 2. The van der Waals surface area contributed by atoms with Gasteiger partial charge in [-0.1, -0.05) is 0 Å². The highest BCUT2D eigenvalue weighted by molar-refractivity contribution is 5.77. The summed E-state index contributed by atoms with van der Waals surface area (Å²) in [5.41, 5.74) is -0.150. The molecule has 6 atom stereocenters. The van der Waals surface area contributed by atoms with Gasteiger partial charge in [-0.2, -0.15) is 0 Å². The minimum Gasteiger partial charge on any atom is -0.466 e. The van der Waals surface area contributed by atoms with Crippen LogP contribution in [0, 0.1) is 11.8 Å². The Morgan fingerprint density at radius 3 is 2.75 bits per heavy atom. The summed E-state index contributed by atoms with van der Waals surface area (Å²) < 4.78 is 23.0. The zero-order chi connectivity index (χ0) is 14.5. The molecule has 2 heterocycles. The second-order valence-electron chi connectivity index (χ2n) is 6.58. The Morgan fingerprint density at radius 2 is 2.10 bits per heavy atom. The summed E-state index contributed by atoms with van der Waals surface area (Å²) in [5, 5.41) is 0. The standard InChI is InChI=1S/C15H24O5/c1-5-18-14(16)10-9-12(10)19-8-6-7-15(2,3)20-11(8)13(9)17-4/h8-13H,5-7H2,1-4H3/t8-,9+,10+,11-,12+,13-/m1/s1. The third-order valence-electron chi connectivity index (χ3n) is 4.73. The third-order valence-corrected chi connectivity index (χ3v) is 4.73. The van der Waals surface area contributed by atoms with Crippen LogP contribution >= 0.6 is 0 Å². The smallest absolute Gasteiger partial charge is 0.312 e. The molecule has 2 saturated heterocycles. The number of rotatable bonds is 3. The van der Waals surface area contributed by atoms with Gasteiger partial charge in [-0.25, -0.2) is 0 Å². The highest BCUT2D eigenvalue weighted by Gasteiger charge is 2.67. The number of methoxy groups -OCH3 is 1. The molecule has 0 aromatic carbocycles. The maximum atomic E-state index is 12.0. The van der Waals surface area contributed by atoms with Crippen LogP contribution in [0.15, 0.2) is 0 Å². The average Bonchev–Trinajstić information content (AvgIpc) is 3.09. The van der Waals surface area contributed by atoms with Crippen LogP contribution in [0.2, 0.25) is 0 Å². The average molecular weight is 284 g/mol. The number of hydrogen-bond donors (Lipinski definition) is 0. The van der Waals surface area contributed by atoms with Gasteiger partial charge in [0, 0.05) is 13.0 Å². The number of carbonyl (C=O) groups is 1. The molecule has 0 unspecified atom stereocenters. The van der Waals surface area contributed by atoms with E-state index in [1.54, 1.807) is 7.11 Å². The first-order chi connectivity index (χ1) is 9.48. The van der Waals surface area contributed by atoms with Crippen LogP contribution in [0.5, 0.6) is 0 Å². The van der Waals surface area contributed by atoms with Gasteiger partial charge in [0.1, 0.15) is 6.10 Å². The van der Waals surface area contributed by atoms with Gasteiger partial charge >= 0.3 is 5.97 Å². The molecular weight excluding hydrogens is 260 g/mol. The summed E-state index contributed by atoms with van der Waals surface area (Å²) >= 11 is 0. The number of ether oxygens (including phenoxy) is 4. The van der Waals surface area contributed by atoms with Crippen LogP contribution in [0.1, 0.15) is 33.6 Å². The van der Waals surface area contributed by atoms with E-state index in [4.69, 9.17) is 18.9 Å². The van der Waals surface area contributed by atoms with Crippen molar-refractivity contribution in [2.45, 2.75) is 63.6 Å². The van der Waals surface area contributed by atoms with Crippen molar-refractivity contribution < 1.29 is 23.7 Å². The molecule has 1 aliphatic carbocycles. The normalized spacial score (nSPS) is 45.2. The molecule has 0 bridgehead atoms. The quantitative estimate of drug-likeness (QED) is 0.736. The van der Waals surface area contributed by atoms with Crippen molar-refractivity contribution in [1.82, 2.24) is 0 Å². The van der Waals surface area contributed by atoms with Crippen molar-refractivity contribution >= 4 is 5.97 Å². The lowest BCUT2D eigenvalue weighted by Crippen LogP contribution is -2.55. The van der Waals surface area contributed by atoms with Gasteiger partial charge in [0.2, 0.25) is 0 Å². The van der Waals surface area contributed by atoms with Crippen LogP contribution in [0.25, 0.3) is 0 Å². The molecule has 0 amide bonds. The summed E-state index contributed by atoms with van der Waals surface area (Å²) in [4.78, 5) is 12.0. The minimum absolute atomic E-state index is 0.0358. The first kappa shape index (κ1) is 14.3. The van der Waals surface area contributed by atoms with Crippen molar-refractivity contribution in [3.8, 4) is 0 Å². The number of esters is 1. The maximum absolute atomic E-state index is 12.0. The van der Waals surface area contributed by atoms with Crippen LogP contribution < -0.4 is 0 Å². The second kappa shape index (κ2) is 4.97. The molecule has 2 aliphatic heterocycles. The monoisotopic (exact) mass is 284 g/mol. The van der Waals surface area contributed by atoms with E-state index in [1.807, 2.05) is 6.92 Å². The Hall–Kier alpha value is -0.650. The third kappa shape index (κ3) is 2.26. The highest BCUT2D eigenvalue weighted by atomic mass is 16.6. The summed E-state index contributed by atoms with van der Waals surface area (Å²) in [5.74, 6) is -0.270. The van der Waals surface area contributed by atoms with Crippen molar-refractivity contribution in [3.63, 3.8) is 0 Å². The lowest BCUT2D eigenvalue weighted by molar-refractivity contribution is -0.237. The van der Waals surface area contributed by atoms with Gasteiger partial charge in [-0.15, -0.1) is 0 Å². The Morgan fingerprint density at radius 1 is 1.35 bits per heavy atom.